The molecule has 2 rings (SSSR count). The van der Waals surface area contributed by atoms with E-state index in [-0.39, 0.29) is 22.5 Å². The molecule has 0 spiro atoms. The number of para-hydroxylation sites is 1. The van der Waals surface area contributed by atoms with Crippen LogP contribution in [0.25, 0.3) is 0 Å². The number of nitrogens with zero attached hydrogens (tertiary/aromatic N) is 2. The van der Waals surface area contributed by atoms with Crippen molar-refractivity contribution in [3.05, 3.63) is 45.6 Å². The zero-order valence-corrected chi connectivity index (χ0v) is 12.0. The van der Waals surface area contributed by atoms with Crippen LogP contribution in [0.5, 0.6) is 23.1 Å². The maximum absolute atomic E-state index is 10.8. The SMILES string of the molecule is COc1cccc(OC)c1Oc1cc([N+](=O)[O-])cc(Cl)n1. The molecule has 1 heterocycles. The van der Waals surface area contributed by atoms with E-state index >= 15 is 0 Å². The van der Waals surface area contributed by atoms with Gasteiger partial charge in [0, 0.05) is 0 Å². The lowest BCUT2D eigenvalue weighted by Gasteiger charge is -2.13. The van der Waals surface area contributed by atoms with E-state index in [0.29, 0.717) is 11.5 Å². The van der Waals surface area contributed by atoms with Crippen LogP contribution < -0.4 is 14.2 Å². The Morgan fingerprint density at radius 2 is 1.81 bits per heavy atom. The molecule has 0 unspecified atom stereocenters. The molecule has 0 saturated carbocycles. The van der Waals surface area contributed by atoms with E-state index in [4.69, 9.17) is 25.8 Å². The molecule has 0 radical (unpaired) electrons. The Bertz CT molecular complexity index is 655. The van der Waals surface area contributed by atoms with Crippen LogP contribution in [-0.4, -0.2) is 24.1 Å². The van der Waals surface area contributed by atoms with E-state index in [1.54, 1.807) is 18.2 Å². The smallest absolute Gasteiger partial charge is 0.277 e. The van der Waals surface area contributed by atoms with E-state index in [1.165, 1.54) is 14.2 Å². The van der Waals surface area contributed by atoms with Crippen LogP contribution in [0.4, 0.5) is 5.69 Å². The molecule has 110 valence electrons. The van der Waals surface area contributed by atoms with Crippen LogP contribution in [0.3, 0.4) is 0 Å². The van der Waals surface area contributed by atoms with Crippen LogP contribution >= 0.6 is 11.6 Å². The van der Waals surface area contributed by atoms with Gasteiger partial charge in [0.1, 0.15) is 5.15 Å². The second-order valence-electron chi connectivity index (χ2n) is 3.84. The van der Waals surface area contributed by atoms with Crippen molar-refractivity contribution in [2.75, 3.05) is 14.2 Å². The van der Waals surface area contributed by atoms with E-state index in [9.17, 15) is 10.1 Å². The third-order valence-electron chi connectivity index (χ3n) is 2.56. The molecule has 7 nitrogen and oxygen atoms in total. The fourth-order valence-corrected chi connectivity index (χ4v) is 1.84. The lowest BCUT2D eigenvalue weighted by Crippen LogP contribution is -1.97. The number of hydrogen-bond donors (Lipinski definition) is 0. The molecule has 0 saturated heterocycles. The molecule has 0 fully saturated rings. The van der Waals surface area contributed by atoms with Gasteiger partial charge in [-0.15, -0.1) is 0 Å². The first-order valence-electron chi connectivity index (χ1n) is 5.76. The summed E-state index contributed by atoms with van der Waals surface area (Å²) in [6.07, 6.45) is 0. The summed E-state index contributed by atoms with van der Waals surface area (Å²) in [5.74, 6) is 1.03. The molecule has 0 aliphatic heterocycles. The highest BCUT2D eigenvalue weighted by molar-refractivity contribution is 6.29. The summed E-state index contributed by atoms with van der Waals surface area (Å²) in [5.41, 5.74) is -0.223. The zero-order valence-electron chi connectivity index (χ0n) is 11.2. The van der Waals surface area contributed by atoms with Crippen LogP contribution in [-0.2, 0) is 0 Å². The molecule has 0 aliphatic rings. The molecule has 2 aromatic rings. The average Bonchev–Trinajstić information content (AvgIpc) is 2.46. The van der Waals surface area contributed by atoms with Gasteiger partial charge in [-0.2, -0.15) is 0 Å². The molecule has 0 amide bonds. The first-order valence-corrected chi connectivity index (χ1v) is 6.13. The quantitative estimate of drug-likeness (QED) is 0.478. The van der Waals surface area contributed by atoms with Gasteiger partial charge in [-0.25, -0.2) is 4.98 Å². The highest BCUT2D eigenvalue weighted by atomic mass is 35.5. The minimum absolute atomic E-state index is 0.0306. The zero-order chi connectivity index (χ0) is 15.4. The number of methoxy groups -OCH3 is 2. The maximum Gasteiger partial charge on any atom is 0.277 e. The number of benzene rings is 1. The predicted octanol–water partition coefficient (Wildman–Crippen LogP) is 3.45. The Kier molecular flexibility index (Phi) is 4.44. The van der Waals surface area contributed by atoms with Crippen molar-refractivity contribution in [2.45, 2.75) is 0 Å². The number of halogens is 1. The number of nitro groups is 1. The van der Waals surface area contributed by atoms with Gasteiger partial charge in [0.2, 0.25) is 11.6 Å². The van der Waals surface area contributed by atoms with E-state index in [1.807, 2.05) is 0 Å². The van der Waals surface area contributed by atoms with Crippen LogP contribution in [0, 0.1) is 10.1 Å². The van der Waals surface area contributed by atoms with E-state index in [2.05, 4.69) is 4.98 Å². The van der Waals surface area contributed by atoms with Crippen molar-refractivity contribution >= 4 is 17.3 Å². The van der Waals surface area contributed by atoms with Crippen LogP contribution in [0.2, 0.25) is 5.15 Å². The molecule has 21 heavy (non-hydrogen) atoms. The second kappa shape index (κ2) is 6.27. The van der Waals surface area contributed by atoms with Gasteiger partial charge < -0.3 is 14.2 Å². The Morgan fingerprint density at radius 1 is 1.19 bits per heavy atom. The van der Waals surface area contributed by atoms with Crippen LogP contribution in [0.1, 0.15) is 0 Å². The van der Waals surface area contributed by atoms with Gasteiger partial charge in [0.25, 0.3) is 5.69 Å². The summed E-state index contributed by atoms with van der Waals surface area (Å²) in [6.45, 7) is 0. The lowest BCUT2D eigenvalue weighted by atomic mass is 10.3. The van der Waals surface area contributed by atoms with Gasteiger partial charge in [-0.3, -0.25) is 10.1 Å². The van der Waals surface area contributed by atoms with Crippen molar-refractivity contribution in [1.82, 2.24) is 4.98 Å². The minimum atomic E-state index is -0.583. The average molecular weight is 311 g/mol. The summed E-state index contributed by atoms with van der Waals surface area (Å²) < 4.78 is 15.9. The van der Waals surface area contributed by atoms with Gasteiger partial charge in [0.15, 0.2) is 11.5 Å². The molecule has 0 N–H and O–H groups in total. The van der Waals surface area contributed by atoms with Gasteiger partial charge in [0.05, 0.1) is 31.3 Å². The number of ether oxygens (including phenoxy) is 3. The fourth-order valence-electron chi connectivity index (χ4n) is 1.64. The van der Waals surface area contributed by atoms with Gasteiger partial charge in [-0.05, 0) is 12.1 Å². The van der Waals surface area contributed by atoms with Gasteiger partial charge in [-0.1, -0.05) is 17.7 Å². The first kappa shape index (κ1) is 14.9. The molecular formula is C13H11ClN2O5. The summed E-state index contributed by atoms with van der Waals surface area (Å²) >= 11 is 5.75. The minimum Gasteiger partial charge on any atom is -0.493 e. The molecule has 8 heteroatoms. The Hall–Kier alpha value is -2.54. The highest BCUT2D eigenvalue weighted by Gasteiger charge is 2.16. The molecular weight excluding hydrogens is 300 g/mol. The number of pyridine rings is 1. The fraction of sp³-hybridized carbons (Fsp3) is 0.154. The Labute approximate surface area is 125 Å². The third-order valence-corrected chi connectivity index (χ3v) is 2.75. The summed E-state index contributed by atoms with van der Waals surface area (Å²) in [4.78, 5) is 14.1. The van der Waals surface area contributed by atoms with E-state index in [0.717, 1.165) is 12.1 Å². The summed E-state index contributed by atoms with van der Waals surface area (Å²) in [5, 5.41) is 10.8. The Morgan fingerprint density at radius 3 is 2.33 bits per heavy atom. The predicted molar refractivity (Wildman–Crippen MR) is 75.5 cm³/mol. The molecule has 0 atom stereocenters. The molecule has 1 aromatic heterocycles. The molecule has 0 bridgehead atoms. The second-order valence-corrected chi connectivity index (χ2v) is 4.22. The van der Waals surface area contributed by atoms with Crippen molar-refractivity contribution in [3.63, 3.8) is 0 Å². The largest absolute Gasteiger partial charge is 0.493 e. The van der Waals surface area contributed by atoms with Crippen LogP contribution in [0.15, 0.2) is 30.3 Å². The third kappa shape index (κ3) is 3.32. The standard InChI is InChI=1S/C13H11ClN2O5/c1-19-9-4-3-5-10(20-2)13(9)21-12-7-8(16(17)18)6-11(14)15-12/h3-7H,1-2H3. The first-order chi connectivity index (χ1) is 10.0. The van der Waals surface area contributed by atoms with E-state index < -0.39 is 4.92 Å². The summed E-state index contributed by atoms with van der Waals surface area (Å²) in [6, 6.07) is 7.34. The normalized spacial score (nSPS) is 10.0. The van der Waals surface area contributed by atoms with Crippen molar-refractivity contribution in [3.8, 4) is 23.1 Å². The Balaban J connectivity index is 2.45. The molecule has 1 aromatic carbocycles. The topological polar surface area (TPSA) is 83.7 Å². The lowest BCUT2D eigenvalue weighted by molar-refractivity contribution is -0.385. The highest BCUT2D eigenvalue weighted by Crippen LogP contribution is 2.40. The monoisotopic (exact) mass is 310 g/mol. The van der Waals surface area contributed by atoms with Crippen molar-refractivity contribution in [1.29, 1.82) is 0 Å². The van der Waals surface area contributed by atoms with Gasteiger partial charge >= 0.3 is 0 Å². The number of hydrogen-bond acceptors (Lipinski definition) is 6. The number of rotatable bonds is 5. The van der Waals surface area contributed by atoms with Crippen molar-refractivity contribution < 1.29 is 19.1 Å². The summed E-state index contributed by atoms with van der Waals surface area (Å²) in [7, 11) is 2.94. The maximum atomic E-state index is 10.8. The molecule has 0 aliphatic carbocycles. The van der Waals surface area contributed by atoms with Crippen molar-refractivity contribution in [2.24, 2.45) is 0 Å². The number of aromatic nitrogens is 1.